The van der Waals surface area contributed by atoms with E-state index in [4.69, 9.17) is 10.5 Å². The van der Waals surface area contributed by atoms with Crippen LogP contribution in [0, 0.1) is 11.3 Å². The van der Waals surface area contributed by atoms with Gasteiger partial charge in [0.25, 0.3) is 0 Å². The number of hydrogen-bond donors (Lipinski definition) is 3. The van der Waals surface area contributed by atoms with E-state index in [1.54, 1.807) is 18.2 Å². The van der Waals surface area contributed by atoms with Crippen LogP contribution in [0.5, 0.6) is 11.5 Å². The van der Waals surface area contributed by atoms with E-state index >= 15 is 0 Å². The average molecular weight is 283 g/mol. The third kappa shape index (κ3) is 2.72. The lowest BCUT2D eigenvalue weighted by Crippen LogP contribution is -1.96. The third-order valence-corrected chi connectivity index (χ3v) is 2.87. The number of anilines is 1. The number of phenols is 1. The van der Waals surface area contributed by atoms with Crippen LogP contribution in [-0.2, 0) is 0 Å². The van der Waals surface area contributed by atoms with E-state index in [-0.39, 0.29) is 34.1 Å². The number of phenolic OH excluding ortho intramolecular Hbond substituents is 1. The van der Waals surface area contributed by atoms with E-state index < -0.39 is 0 Å². The Morgan fingerprint density at radius 3 is 2.71 bits per heavy atom. The van der Waals surface area contributed by atoms with Gasteiger partial charge in [-0.1, -0.05) is 6.07 Å². The first kappa shape index (κ1) is 14.2. The Kier molecular flexibility index (Phi) is 3.95. The molecule has 0 aliphatic heterocycles. The molecule has 1 aromatic heterocycles. The highest BCUT2D eigenvalue weighted by molar-refractivity contribution is 5.93. The zero-order valence-corrected chi connectivity index (χ0v) is 11.2. The van der Waals surface area contributed by atoms with E-state index in [2.05, 4.69) is 4.98 Å². The van der Waals surface area contributed by atoms with Gasteiger partial charge in [-0.2, -0.15) is 5.26 Å². The Balaban J connectivity index is 2.62. The number of allylic oxidation sites excluding steroid dienone is 1. The fraction of sp³-hybridized carbons (Fsp3) is 0.0667. The van der Waals surface area contributed by atoms with Crippen molar-refractivity contribution in [3.8, 4) is 17.6 Å². The maximum Gasteiger partial charge on any atom is 0.181 e. The number of aliphatic hydroxyl groups is 1. The Labute approximate surface area is 121 Å². The van der Waals surface area contributed by atoms with Crippen LogP contribution in [0.3, 0.4) is 0 Å². The topological polar surface area (TPSA) is 112 Å². The fourth-order valence-electron chi connectivity index (χ4n) is 1.81. The van der Waals surface area contributed by atoms with Gasteiger partial charge in [-0.25, -0.2) is 0 Å². The van der Waals surface area contributed by atoms with Crippen LogP contribution in [0.2, 0.25) is 0 Å². The smallest absolute Gasteiger partial charge is 0.181 e. The minimum atomic E-state index is -0.291. The fourth-order valence-corrected chi connectivity index (χ4v) is 1.81. The van der Waals surface area contributed by atoms with Gasteiger partial charge in [-0.05, 0) is 24.3 Å². The first-order chi connectivity index (χ1) is 10.1. The highest BCUT2D eigenvalue weighted by Gasteiger charge is 2.15. The predicted molar refractivity (Wildman–Crippen MR) is 78.4 cm³/mol. The Morgan fingerprint density at radius 2 is 2.14 bits per heavy atom. The molecule has 0 radical (unpaired) electrons. The number of nitrogen functional groups attached to an aromatic ring is 1. The summed E-state index contributed by atoms with van der Waals surface area (Å²) < 4.78 is 4.97. The molecule has 4 N–H and O–H groups in total. The molecule has 0 aliphatic rings. The third-order valence-electron chi connectivity index (χ3n) is 2.87. The average Bonchev–Trinajstić information content (AvgIpc) is 2.51. The lowest BCUT2D eigenvalue weighted by atomic mass is 10.0. The van der Waals surface area contributed by atoms with E-state index in [0.717, 1.165) is 0 Å². The molecular weight excluding hydrogens is 270 g/mol. The molecule has 0 saturated heterocycles. The summed E-state index contributed by atoms with van der Waals surface area (Å²) in [6.45, 7) is 0. The maximum atomic E-state index is 10.3. The number of methoxy groups -OCH3 is 1. The highest BCUT2D eigenvalue weighted by atomic mass is 16.5. The van der Waals surface area contributed by atoms with Crippen molar-refractivity contribution in [3.63, 3.8) is 0 Å². The second-order valence-corrected chi connectivity index (χ2v) is 4.17. The van der Waals surface area contributed by atoms with Crippen molar-refractivity contribution in [2.24, 2.45) is 0 Å². The molecule has 6 nitrogen and oxygen atoms in total. The molecule has 0 unspecified atom stereocenters. The standard InChI is InChI=1S/C15H13N3O3/c1-21-13-7-9(6-11(17)15(13)20)14(19)10(8-16)12-4-2-3-5-18-12/h2-7,19-20H,17H2,1H3/b14-10-. The summed E-state index contributed by atoms with van der Waals surface area (Å²) in [5, 5.41) is 29.2. The summed E-state index contributed by atoms with van der Waals surface area (Å²) in [7, 11) is 1.36. The number of pyridine rings is 1. The van der Waals surface area contributed by atoms with Crippen LogP contribution in [-0.4, -0.2) is 22.3 Å². The molecule has 1 aromatic carbocycles. The molecule has 0 bridgehead atoms. The summed E-state index contributed by atoms with van der Waals surface area (Å²) in [4.78, 5) is 4.03. The summed E-state index contributed by atoms with van der Waals surface area (Å²) in [5.74, 6) is -0.401. The first-order valence-corrected chi connectivity index (χ1v) is 6.00. The molecule has 6 heteroatoms. The molecule has 21 heavy (non-hydrogen) atoms. The lowest BCUT2D eigenvalue weighted by molar-refractivity contribution is 0.374. The zero-order chi connectivity index (χ0) is 15.4. The van der Waals surface area contributed by atoms with Gasteiger partial charge in [0.2, 0.25) is 0 Å². The van der Waals surface area contributed by atoms with Gasteiger partial charge >= 0.3 is 0 Å². The van der Waals surface area contributed by atoms with Crippen molar-refractivity contribution in [1.82, 2.24) is 4.98 Å². The largest absolute Gasteiger partial charge is 0.506 e. The second kappa shape index (κ2) is 5.84. The van der Waals surface area contributed by atoms with Gasteiger partial charge < -0.3 is 20.7 Å². The van der Waals surface area contributed by atoms with Crippen molar-refractivity contribution in [3.05, 3.63) is 47.8 Å². The Morgan fingerprint density at radius 1 is 1.38 bits per heavy atom. The summed E-state index contributed by atoms with van der Waals surface area (Å²) in [6, 6.07) is 9.68. The molecule has 0 spiro atoms. The quantitative estimate of drug-likeness (QED) is 0.345. The minimum absolute atomic E-state index is 0.00254. The first-order valence-electron chi connectivity index (χ1n) is 6.00. The van der Waals surface area contributed by atoms with Gasteiger partial charge in [0.05, 0.1) is 18.5 Å². The number of nitrogens with two attached hydrogens (primary N) is 1. The van der Waals surface area contributed by atoms with E-state index in [9.17, 15) is 15.5 Å². The molecule has 2 rings (SSSR count). The monoisotopic (exact) mass is 283 g/mol. The van der Waals surface area contributed by atoms with Crippen molar-refractivity contribution in [2.45, 2.75) is 0 Å². The number of nitriles is 1. The molecule has 106 valence electrons. The van der Waals surface area contributed by atoms with E-state index in [1.165, 1.54) is 25.4 Å². The van der Waals surface area contributed by atoms with Crippen molar-refractivity contribution >= 4 is 17.0 Å². The van der Waals surface area contributed by atoms with Gasteiger partial charge in [-0.15, -0.1) is 0 Å². The number of nitrogens with zero attached hydrogens (tertiary/aromatic N) is 2. The zero-order valence-electron chi connectivity index (χ0n) is 11.2. The molecule has 0 amide bonds. The van der Waals surface area contributed by atoms with Gasteiger partial charge in [0, 0.05) is 11.8 Å². The van der Waals surface area contributed by atoms with Crippen LogP contribution in [0.1, 0.15) is 11.3 Å². The SMILES string of the molecule is COc1cc(/C(O)=C(\C#N)c2ccccn2)cc(N)c1O. The lowest BCUT2D eigenvalue weighted by Gasteiger charge is -2.10. The number of benzene rings is 1. The number of ether oxygens (including phenoxy) is 1. The molecule has 0 atom stereocenters. The van der Waals surface area contributed by atoms with Crippen LogP contribution in [0.15, 0.2) is 36.5 Å². The molecule has 0 aliphatic carbocycles. The highest BCUT2D eigenvalue weighted by Crippen LogP contribution is 2.36. The molecule has 2 aromatic rings. The van der Waals surface area contributed by atoms with Gasteiger partial charge in [-0.3, -0.25) is 4.98 Å². The van der Waals surface area contributed by atoms with Crippen LogP contribution < -0.4 is 10.5 Å². The Bertz CT molecular complexity index is 734. The van der Waals surface area contributed by atoms with Crippen molar-refractivity contribution < 1.29 is 14.9 Å². The number of hydrogen-bond acceptors (Lipinski definition) is 6. The van der Waals surface area contributed by atoms with E-state index in [0.29, 0.717) is 5.69 Å². The summed E-state index contributed by atoms with van der Waals surface area (Å²) in [6.07, 6.45) is 1.52. The van der Waals surface area contributed by atoms with Crippen LogP contribution >= 0.6 is 0 Å². The molecule has 0 saturated carbocycles. The second-order valence-electron chi connectivity index (χ2n) is 4.17. The van der Waals surface area contributed by atoms with Crippen molar-refractivity contribution in [2.75, 3.05) is 12.8 Å². The maximum absolute atomic E-state index is 10.3. The molecule has 0 fully saturated rings. The minimum Gasteiger partial charge on any atom is -0.506 e. The number of aliphatic hydroxyl groups excluding tert-OH is 1. The molecular formula is C15H13N3O3. The van der Waals surface area contributed by atoms with Crippen LogP contribution in [0.4, 0.5) is 5.69 Å². The van der Waals surface area contributed by atoms with Crippen molar-refractivity contribution in [1.29, 1.82) is 5.26 Å². The Hall–Kier alpha value is -3.20. The van der Waals surface area contributed by atoms with Crippen LogP contribution in [0.25, 0.3) is 11.3 Å². The number of aromatic hydroxyl groups is 1. The summed E-state index contributed by atoms with van der Waals surface area (Å²) in [5.41, 5.74) is 6.28. The van der Waals surface area contributed by atoms with Gasteiger partial charge in [0.1, 0.15) is 17.4 Å². The number of aromatic nitrogens is 1. The normalized spacial score (nSPS) is 11.4. The predicted octanol–water partition coefficient (Wildman–Crippen LogP) is 2.33. The van der Waals surface area contributed by atoms with Gasteiger partial charge in [0.15, 0.2) is 11.5 Å². The molecule has 1 heterocycles. The summed E-state index contributed by atoms with van der Waals surface area (Å²) >= 11 is 0. The number of rotatable bonds is 3. The van der Waals surface area contributed by atoms with E-state index in [1.807, 2.05) is 6.07 Å².